The van der Waals surface area contributed by atoms with Gasteiger partial charge >= 0.3 is 5.97 Å². The van der Waals surface area contributed by atoms with E-state index in [4.69, 9.17) is 9.47 Å². The molecule has 4 nitrogen and oxygen atoms in total. The van der Waals surface area contributed by atoms with Gasteiger partial charge in [-0.15, -0.1) is 0 Å². The minimum absolute atomic E-state index is 0.238. The van der Waals surface area contributed by atoms with Crippen LogP contribution in [0.15, 0.2) is 76.3 Å². The lowest BCUT2D eigenvalue weighted by Crippen LogP contribution is -2.05. The van der Waals surface area contributed by atoms with Gasteiger partial charge in [-0.3, -0.25) is 0 Å². The first-order valence-electron chi connectivity index (χ1n) is 7.28. The van der Waals surface area contributed by atoms with E-state index < -0.39 is 5.97 Å². The molecule has 0 N–H and O–H groups in total. The Bertz CT molecular complexity index is 838. The Balaban J connectivity index is 1.91. The van der Waals surface area contributed by atoms with E-state index in [1.165, 1.54) is 0 Å². The Labute approximate surface area is 148 Å². The first kappa shape index (κ1) is 16.2. The highest BCUT2D eigenvalue weighted by molar-refractivity contribution is 9.10. The SMILES string of the molecule is C=CCOc1ccccc1/C=C1\N=C(c2ccc(Br)cc2)OC1=O. The van der Waals surface area contributed by atoms with Gasteiger partial charge in [0.25, 0.3) is 0 Å². The molecule has 1 aliphatic heterocycles. The molecule has 1 aliphatic rings. The smallest absolute Gasteiger partial charge is 0.363 e. The molecule has 24 heavy (non-hydrogen) atoms. The van der Waals surface area contributed by atoms with Gasteiger partial charge < -0.3 is 9.47 Å². The summed E-state index contributed by atoms with van der Waals surface area (Å²) in [5.74, 6) is 0.472. The van der Waals surface area contributed by atoms with Crippen LogP contribution in [0.25, 0.3) is 6.08 Å². The zero-order chi connectivity index (χ0) is 16.9. The van der Waals surface area contributed by atoms with E-state index >= 15 is 0 Å². The second-order valence-corrected chi connectivity index (χ2v) is 5.90. The third-order valence-corrected chi connectivity index (χ3v) is 3.81. The van der Waals surface area contributed by atoms with Crippen LogP contribution in [0.2, 0.25) is 0 Å². The minimum atomic E-state index is -0.480. The molecule has 0 bridgehead atoms. The first-order valence-corrected chi connectivity index (χ1v) is 8.08. The predicted molar refractivity (Wildman–Crippen MR) is 96.9 cm³/mol. The average molecular weight is 384 g/mol. The highest BCUT2D eigenvalue weighted by Crippen LogP contribution is 2.25. The van der Waals surface area contributed by atoms with E-state index in [0.717, 1.165) is 15.6 Å². The molecule has 3 rings (SSSR count). The van der Waals surface area contributed by atoms with Crippen molar-refractivity contribution in [2.24, 2.45) is 4.99 Å². The zero-order valence-electron chi connectivity index (χ0n) is 12.7. The maximum Gasteiger partial charge on any atom is 0.363 e. The van der Waals surface area contributed by atoms with Crippen molar-refractivity contribution in [2.75, 3.05) is 6.61 Å². The molecule has 2 aromatic carbocycles. The number of nitrogens with zero attached hydrogens (tertiary/aromatic N) is 1. The first-order chi connectivity index (χ1) is 11.7. The maximum atomic E-state index is 12.1. The maximum absolute atomic E-state index is 12.1. The monoisotopic (exact) mass is 383 g/mol. The quantitative estimate of drug-likeness (QED) is 0.437. The van der Waals surface area contributed by atoms with Gasteiger partial charge in [0.2, 0.25) is 5.90 Å². The van der Waals surface area contributed by atoms with Crippen molar-refractivity contribution in [2.45, 2.75) is 0 Å². The van der Waals surface area contributed by atoms with Crippen LogP contribution in [-0.2, 0) is 9.53 Å². The summed E-state index contributed by atoms with van der Waals surface area (Å²) in [4.78, 5) is 16.4. The van der Waals surface area contributed by atoms with E-state index in [9.17, 15) is 4.79 Å². The van der Waals surface area contributed by atoms with Gasteiger partial charge in [0.15, 0.2) is 5.70 Å². The van der Waals surface area contributed by atoms with Crippen molar-refractivity contribution in [3.05, 3.63) is 82.5 Å². The molecule has 0 fully saturated rings. The highest BCUT2D eigenvalue weighted by Gasteiger charge is 2.24. The van der Waals surface area contributed by atoms with Crippen molar-refractivity contribution < 1.29 is 14.3 Å². The van der Waals surface area contributed by atoms with Crippen molar-refractivity contribution in [1.82, 2.24) is 0 Å². The fourth-order valence-corrected chi connectivity index (χ4v) is 2.42. The van der Waals surface area contributed by atoms with Crippen molar-refractivity contribution in [3.63, 3.8) is 0 Å². The van der Waals surface area contributed by atoms with Gasteiger partial charge in [0, 0.05) is 15.6 Å². The molecule has 2 aromatic rings. The highest BCUT2D eigenvalue weighted by atomic mass is 79.9. The summed E-state index contributed by atoms with van der Waals surface area (Å²) in [7, 11) is 0. The summed E-state index contributed by atoms with van der Waals surface area (Å²) in [6.07, 6.45) is 3.32. The Hall–Kier alpha value is -2.66. The van der Waals surface area contributed by atoms with Crippen LogP contribution in [0.3, 0.4) is 0 Å². The second-order valence-electron chi connectivity index (χ2n) is 4.98. The summed E-state index contributed by atoms with van der Waals surface area (Å²) >= 11 is 3.37. The van der Waals surface area contributed by atoms with E-state index in [1.807, 2.05) is 48.5 Å². The van der Waals surface area contributed by atoms with E-state index in [1.54, 1.807) is 12.2 Å². The largest absolute Gasteiger partial charge is 0.489 e. The normalized spacial score (nSPS) is 15.1. The van der Waals surface area contributed by atoms with Gasteiger partial charge in [-0.1, -0.05) is 46.8 Å². The number of esters is 1. The van der Waals surface area contributed by atoms with Crippen LogP contribution in [-0.4, -0.2) is 18.5 Å². The number of hydrogen-bond donors (Lipinski definition) is 0. The summed E-state index contributed by atoms with van der Waals surface area (Å²) in [5, 5.41) is 0. The number of hydrogen-bond acceptors (Lipinski definition) is 4. The lowest BCUT2D eigenvalue weighted by atomic mass is 10.1. The molecule has 0 saturated carbocycles. The molecule has 0 aromatic heterocycles. The molecule has 0 saturated heterocycles. The van der Waals surface area contributed by atoms with E-state index in [2.05, 4.69) is 27.5 Å². The number of benzene rings is 2. The fourth-order valence-electron chi connectivity index (χ4n) is 2.15. The third kappa shape index (κ3) is 3.63. The number of carbonyl (C=O) groups excluding carboxylic acids is 1. The van der Waals surface area contributed by atoms with Gasteiger partial charge in [0.05, 0.1) is 0 Å². The molecular formula is C19H14BrNO3. The number of carbonyl (C=O) groups is 1. The predicted octanol–water partition coefficient (Wildman–Crippen LogP) is 4.36. The van der Waals surface area contributed by atoms with Crippen LogP contribution in [0, 0.1) is 0 Å². The van der Waals surface area contributed by atoms with Crippen LogP contribution in [0.5, 0.6) is 5.75 Å². The van der Waals surface area contributed by atoms with Gasteiger partial charge in [-0.2, -0.15) is 0 Å². The molecule has 0 unspecified atom stereocenters. The Morgan fingerprint density at radius 3 is 2.67 bits per heavy atom. The number of ether oxygens (including phenoxy) is 2. The molecule has 0 aliphatic carbocycles. The number of aliphatic imine (C=N–C) groups is 1. The van der Waals surface area contributed by atoms with E-state index in [-0.39, 0.29) is 5.70 Å². The topological polar surface area (TPSA) is 47.9 Å². The van der Waals surface area contributed by atoms with Gasteiger partial charge in [0.1, 0.15) is 12.4 Å². The summed E-state index contributed by atoms with van der Waals surface area (Å²) in [5.41, 5.74) is 1.74. The Morgan fingerprint density at radius 2 is 1.92 bits per heavy atom. The lowest BCUT2D eigenvalue weighted by Gasteiger charge is -2.06. The lowest BCUT2D eigenvalue weighted by molar-refractivity contribution is -0.129. The zero-order valence-corrected chi connectivity index (χ0v) is 14.3. The molecular weight excluding hydrogens is 370 g/mol. The van der Waals surface area contributed by atoms with Crippen LogP contribution >= 0.6 is 15.9 Å². The molecule has 1 heterocycles. The van der Waals surface area contributed by atoms with E-state index in [0.29, 0.717) is 18.3 Å². The standard InChI is InChI=1S/C19H14BrNO3/c1-2-11-23-17-6-4-3-5-14(17)12-16-19(22)24-18(21-16)13-7-9-15(20)10-8-13/h2-10,12H,1,11H2/b16-12-. The molecule has 0 radical (unpaired) electrons. The Morgan fingerprint density at radius 1 is 1.17 bits per heavy atom. The molecule has 0 amide bonds. The Kier molecular flexibility index (Phi) is 4.91. The van der Waals surface area contributed by atoms with Gasteiger partial charge in [-0.25, -0.2) is 9.79 Å². The van der Waals surface area contributed by atoms with Gasteiger partial charge in [-0.05, 0) is 36.4 Å². The minimum Gasteiger partial charge on any atom is -0.489 e. The summed E-state index contributed by atoms with van der Waals surface area (Å²) < 4.78 is 11.8. The van der Waals surface area contributed by atoms with Crippen LogP contribution in [0.4, 0.5) is 0 Å². The molecule has 0 atom stereocenters. The molecule has 0 spiro atoms. The average Bonchev–Trinajstić information content (AvgIpc) is 2.95. The number of cyclic esters (lactones) is 1. The number of rotatable bonds is 5. The second kappa shape index (κ2) is 7.27. The third-order valence-electron chi connectivity index (χ3n) is 3.28. The van der Waals surface area contributed by atoms with Crippen molar-refractivity contribution >= 4 is 33.9 Å². The number of halogens is 1. The summed E-state index contributed by atoms with van der Waals surface area (Å²) in [6, 6.07) is 14.8. The van der Waals surface area contributed by atoms with Crippen LogP contribution < -0.4 is 4.74 Å². The summed E-state index contributed by atoms with van der Waals surface area (Å²) in [6.45, 7) is 4.02. The fraction of sp³-hybridized carbons (Fsp3) is 0.0526. The van der Waals surface area contributed by atoms with Crippen molar-refractivity contribution in [3.8, 4) is 5.75 Å². The molecule has 120 valence electrons. The number of para-hydroxylation sites is 1. The van der Waals surface area contributed by atoms with Crippen molar-refractivity contribution in [1.29, 1.82) is 0 Å². The van der Waals surface area contributed by atoms with Crippen LogP contribution in [0.1, 0.15) is 11.1 Å². The molecule has 5 heteroatoms.